The molecule has 4 N–H and O–H groups in total. The van der Waals surface area contributed by atoms with Crippen LogP contribution in [0.3, 0.4) is 0 Å². The number of allylic oxidation sites excluding steroid dienone is 2. The number of methoxy groups -OCH3 is 1. The molecule has 0 aliphatic carbocycles. The van der Waals surface area contributed by atoms with Gasteiger partial charge >= 0.3 is 5.97 Å². The number of amides is 3. The minimum absolute atomic E-state index is 0.0230. The van der Waals surface area contributed by atoms with Crippen molar-refractivity contribution in [2.45, 2.75) is 115 Å². The lowest BCUT2D eigenvalue weighted by Gasteiger charge is -2.35. The van der Waals surface area contributed by atoms with E-state index >= 15 is 0 Å². The lowest BCUT2D eigenvalue weighted by molar-refractivity contribution is -0.162. The molecule has 2 aromatic carbocycles. The standard InChI is InChI=1S/C42H57N3O9/c1-10-25(2)34-38(48)43-31(23-28-19-21-30(46)22-20-28)37(47)44-36(41(5,6)51)39(49)53-35(29-17-12-11-13-18-29)27(4)16-14-15-26(3)32(52-9)24-33-42(7,54-33)40(50)45(34)8/h11-22,25,27,31-36,46,51H,10,23-24H2,1-9H3,(H,43,48)(H,44,47). The summed E-state index contributed by atoms with van der Waals surface area (Å²) in [7, 11) is 3.16. The van der Waals surface area contributed by atoms with Crippen LogP contribution >= 0.6 is 0 Å². The quantitative estimate of drug-likeness (QED) is 0.235. The van der Waals surface area contributed by atoms with Crippen molar-refractivity contribution in [3.05, 3.63) is 89.5 Å². The van der Waals surface area contributed by atoms with Gasteiger partial charge in [0, 0.05) is 32.9 Å². The minimum atomic E-state index is -1.79. The molecule has 1 saturated heterocycles. The molecule has 12 heteroatoms. The predicted octanol–water partition coefficient (Wildman–Crippen LogP) is 4.55. The number of likely N-dealkylation sites (N-methyl/N-ethyl adjacent to an activating group) is 1. The number of phenols is 1. The van der Waals surface area contributed by atoms with Crippen LogP contribution in [0, 0.1) is 11.8 Å². The third-order valence-corrected chi connectivity index (χ3v) is 10.6. The van der Waals surface area contributed by atoms with E-state index in [0.717, 1.165) is 5.57 Å². The van der Waals surface area contributed by atoms with Crippen molar-refractivity contribution in [3.8, 4) is 5.75 Å². The van der Waals surface area contributed by atoms with E-state index < -0.39 is 59.3 Å². The van der Waals surface area contributed by atoms with Crippen molar-refractivity contribution in [2.75, 3.05) is 14.2 Å². The second-order valence-electron chi connectivity index (χ2n) is 15.4. The van der Waals surface area contributed by atoms with E-state index in [1.807, 2.05) is 76.3 Å². The lowest BCUT2D eigenvalue weighted by Crippen LogP contribution is -2.61. The summed E-state index contributed by atoms with van der Waals surface area (Å²) in [6, 6.07) is 11.6. The number of carbonyl (C=O) groups excluding carboxylic acids is 4. The van der Waals surface area contributed by atoms with Crippen LogP contribution in [0.15, 0.2) is 78.4 Å². The van der Waals surface area contributed by atoms with Gasteiger partial charge in [-0.05, 0) is 62.4 Å². The average molecular weight is 748 g/mol. The monoisotopic (exact) mass is 747 g/mol. The number of aliphatic hydroxyl groups is 1. The van der Waals surface area contributed by atoms with E-state index in [0.29, 0.717) is 24.0 Å². The van der Waals surface area contributed by atoms with Crippen molar-refractivity contribution in [1.29, 1.82) is 0 Å². The molecule has 2 aliphatic heterocycles. The van der Waals surface area contributed by atoms with E-state index in [1.54, 1.807) is 33.2 Å². The van der Waals surface area contributed by atoms with Crippen molar-refractivity contribution in [1.82, 2.24) is 15.5 Å². The van der Waals surface area contributed by atoms with Crippen molar-refractivity contribution in [3.63, 3.8) is 0 Å². The first-order valence-corrected chi connectivity index (χ1v) is 18.6. The summed E-state index contributed by atoms with van der Waals surface area (Å²) >= 11 is 0. The Balaban J connectivity index is 1.81. The Kier molecular flexibility index (Phi) is 13.9. The molecule has 12 nitrogen and oxygen atoms in total. The van der Waals surface area contributed by atoms with Gasteiger partial charge in [0.1, 0.15) is 23.9 Å². The maximum absolute atomic E-state index is 14.3. The van der Waals surface area contributed by atoms with E-state index in [-0.39, 0.29) is 36.0 Å². The molecule has 0 spiro atoms. The Morgan fingerprint density at radius 3 is 2.28 bits per heavy atom. The number of esters is 1. The molecule has 294 valence electrons. The summed E-state index contributed by atoms with van der Waals surface area (Å²) in [5.74, 6) is -3.22. The fourth-order valence-electron chi connectivity index (χ4n) is 6.91. The molecule has 1 fully saturated rings. The second-order valence-corrected chi connectivity index (χ2v) is 15.4. The highest BCUT2D eigenvalue weighted by molar-refractivity contribution is 5.96. The van der Waals surface area contributed by atoms with Crippen molar-refractivity contribution in [2.24, 2.45) is 11.8 Å². The number of benzene rings is 2. The molecule has 2 aromatic rings. The smallest absolute Gasteiger partial charge is 0.332 e. The Morgan fingerprint density at radius 1 is 1.04 bits per heavy atom. The third-order valence-electron chi connectivity index (χ3n) is 10.6. The molecule has 2 aliphatic rings. The van der Waals surface area contributed by atoms with Gasteiger partial charge < -0.3 is 40.0 Å². The summed E-state index contributed by atoms with van der Waals surface area (Å²) in [6.07, 6.45) is 4.96. The Bertz CT molecular complexity index is 1690. The van der Waals surface area contributed by atoms with Crippen LogP contribution in [0.25, 0.3) is 0 Å². The van der Waals surface area contributed by atoms with Gasteiger partial charge in [-0.3, -0.25) is 14.4 Å². The average Bonchev–Trinajstić information content (AvgIpc) is 3.80. The van der Waals surface area contributed by atoms with Crippen molar-refractivity contribution >= 4 is 23.7 Å². The van der Waals surface area contributed by atoms with Gasteiger partial charge in [-0.2, -0.15) is 0 Å². The highest BCUT2D eigenvalue weighted by atomic mass is 16.6. The Labute approximate surface area is 318 Å². The zero-order valence-electron chi connectivity index (χ0n) is 32.9. The van der Waals surface area contributed by atoms with Crippen LogP contribution in [-0.4, -0.2) is 94.5 Å². The third kappa shape index (κ3) is 10.2. The van der Waals surface area contributed by atoms with E-state index in [4.69, 9.17) is 14.2 Å². The number of phenolic OH excluding ortho intramolecular Hbond substituents is 1. The normalized spacial score (nSPS) is 29.9. The van der Waals surface area contributed by atoms with Crippen molar-refractivity contribution < 1.29 is 43.6 Å². The zero-order chi connectivity index (χ0) is 40.0. The Hall–Kier alpha value is -4.52. The number of cyclic esters (lactones) is 1. The van der Waals surface area contributed by atoms with E-state index in [9.17, 15) is 29.4 Å². The molecular formula is C42H57N3O9. The lowest BCUT2D eigenvalue weighted by atomic mass is 9.93. The summed E-state index contributed by atoms with van der Waals surface area (Å²) in [5.41, 5.74) is -0.768. The van der Waals surface area contributed by atoms with Gasteiger partial charge in [0.15, 0.2) is 11.6 Å². The molecule has 0 saturated carbocycles. The number of nitrogens with zero attached hydrogens (tertiary/aromatic N) is 1. The summed E-state index contributed by atoms with van der Waals surface area (Å²) in [5, 5.41) is 26.7. The highest BCUT2D eigenvalue weighted by Crippen LogP contribution is 2.42. The van der Waals surface area contributed by atoms with Gasteiger partial charge in [0.25, 0.3) is 5.91 Å². The van der Waals surface area contributed by atoms with Crippen LogP contribution in [0.4, 0.5) is 0 Å². The van der Waals surface area contributed by atoms with Crippen LogP contribution in [0.2, 0.25) is 0 Å². The number of hydrogen-bond acceptors (Lipinski definition) is 9. The number of nitrogens with one attached hydrogen (secondary N) is 2. The molecule has 0 radical (unpaired) electrons. The SMILES string of the molecule is CCC(C)C1C(=O)NC(Cc2ccc(O)cc2)C(=O)NC(C(C)(C)O)C(=O)OC(c2ccccc2)C(C)C=CC=C(C)C(OC)CC2OC2(C)C(=O)N1C. The first-order chi connectivity index (χ1) is 25.4. The van der Waals surface area contributed by atoms with E-state index in [2.05, 4.69) is 10.6 Å². The molecular weight excluding hydrogens is 690 g/mol. The summed E-state index contributed by atoms with van der Waals surface area (Å²) < 4.78 is 18.0. The maximum Gasteiger partial charge on any atom is 0.332 e. The van der Waals surface area contributed by atoms with E-state index in [1.165, 1.54) is 30.9 Å². The number of rotatable bonds is 7. The number of fused-ring (bicyclic) bond motifs is 1. The highest BCUT2D eigenvalue weighted by Gasteiger charge is 2.61. The number of aromatic hydroxyl groups is 1. The maximum atomic E-state index is 14.3. The fourth-order valence-corrected chi connectivity index (χ4v) is 6.91. The molecule has 0 aromatic heterocycles. The molecule has 4 rings (SSSR count). The summed E-state index contributed by atoms with van der Waals surface area (Å²) in [6.45, 7) is 12.1. The number of ether oxygens (including phenoxy) is 3. The molecule has 54 heavy (non-hydrogen) atoms. The van der Waals surface area contributed by atoms with Crippen LogP contribution in [0.5, 0.6) is 5.75 Å². The van der Waals surface area contributed by atoms with Gasteiger partial charge in [0.2, 0.25) is 11.8 Å². The van der Waals surface area contributed by atoms with Gasteiger partial charge in [-0.15, -0.1) is 0 Å². The van der Waals surface area contributed by atoms with Gasteiger partial charge in [-0.1, -0.05) is 87.9 Å². The van der Waals surface area contributed by atoms with Gasteiger partial charge in [0.05, 0.1) is 17.8 Å². The van der Waals surface area contributed by atoms with Crippen LogP contribution in [0.1, 0.15) is 78.5 Å². The molecule has 9 atom stereocenters. The largest absolute Gasteiger partial charge is 0.508 e. The number of epoxide rings is 1. The minimum Gasteiger partial charge on any atom is -0.508 e. The molecule has 0 bridgehead atoms. The number of hydrogen-bond donors (Lipinski definition) is 4. The second kappa shape index (κ2) is 17.7. The fraction of sp³-hybridized carbons (Fsp3) is 0.524. The van der Waals surface area contributed by atoms with Gasteiger partial charge in [-0.25, -0.2) is 4.79 Å². The molecule has 2 heterocycles. The van der Waals surface area contributed by atoms with Crippen LogP contribution < -0.4 is 10.6 Å². The summed E-state index contributed by atoms with van der Waals surface area (Å²) in [4.78, 5) is 58.1. The molecule has 3 amide bonds. The zero-order valence-corrected chi connectivity index (χ0v) is 32.9. The first-order valence-electron chi connectivity index (χ1n) is 18.6. The topological polar surface area (TPSA) is 167 Å². The first kappa shape index (κ1) is 42.2. The molecule has 9 unspecified atom stereocenters. The predicted molar refractivity (Wildman–Crippen MR) is 204 cm³/mol. The number of carbonyl (C=O) groups is 4. The van der Waals surface area contributed by atoms with Crippen LogP contribution in [-0.2, 0) is 39.8 Å². The Morgan fingerprint density at radius 2 is 1.69 bits per heavy atom.